The fourth-order valence-electron chi connectivity index (χ4n) is 0.956. The Hall–Kier alpha value is -1.18. The van der Waals surface area contributed by atoms with Gasteiger partial charge in [0.2, 0.25) is 12.2 Å². The van der Waals surface area contributed by atoms with Crippen molar-refractivity contribution in [3.05, 3.63) is 30.1 Å². The first-order valence-corrected chi connectivity index (χ1v) is 3.61. The van der Waals surface area contributed by atoms with Crippen LogP contribution >= 0.6 is 0 Å². The van der Waals surface area contributed by atoms with Crippen molar-refractivity contribution in [1.29, 1.82) is 0 Å². The van der Waals surface area contributed by atoms with Crippen LogP contribution in [0.3, 0.4) is 0 Å². The van der Waals surface area contributed by atoms with Gasteiger partial charge in [-0.1, -0.05) is 5.16 Å². The van der Waals surface area contributed by atoms with Gasteiger partial charge >= 0.3 is 5.97 Å². The van der Waals surface area contributed by atoms with Crippen LogP contribution in [0.2, 0.25) is 0 Å². The molecule has 0 fully saturated rings. The third kappa shape index (κ3) is 3.69. The lowest BCUT2D eigenvalue weighted by molar-refractivity contribution is -0.686. The zero-order valence-electron chi connectivity index (χ0n) is 7.17. The molecular formula is C8H9IN2O3. The second-order valence-corrected chi connectivity index (χ2v) is 2.39. The van der Waals surface area contributed by atoms with E-state index in [-0.39, 0.29) is 30.5 Å². The Balaban J connectivity index is 0.00000169. The van der Waals surface area contributed by atoms with E-state index in [0.717, 1.165) is 0 Å². The van der Waals surface area contributed by atoms with Gasteiger partial charge in [-0.2, -0.15) is 4.57 Å². The zero-order chi connectivity index (χ0) is 9.68. The van der Waals surface area contributed by atoms with Gasteiger partial charge < -0.3 is 34.3 Å². The molecule has 0 spiro atoms. The summed E-state index contributed by atoms with van der Waals surface area (Å²) in [6, 6.07) is 5.09. The highest BCUT2D eigenvalue weighted by atomic mass is 127. The molecule has 14 heavy (non-hydrogen) atoms. The van der Waals surface area contributed by atoms with E-state index in [2.05, 4.69) is 5.16 Å². The van der Waals surface area contributed by atoms with E-state index >= 15 is 0 Å². The van der Waals surface area contributed by atoms with Crippen molar-refractivity contribution in [3.8, 4) is 0 Å². The largest absolute Gasteiger partial charge is 1.00 e. The van der Waals surface area contributed by atoms with Crippen LogP contribution in [-0.4, -0.2) is 22.5 Å². The number of aliphatic carboxylic acids is 1. The standard InChI is InChI=1S/C8H8N2O3.HI/c11-8(12)6-10-4-2-1-3-7(10)5-9-13;/h1-5H,6H2,(H,11,12);1H. The average molecular weight is 308 g/mol. The zero-order valence-corrected chi connectivity index (χ0v) is 9.33. The van der Waals surface area contributed by atoms with E-state index < -0.39 is 5.97 Å². The molecule has 0 bridgehead atoms. The van der Waals surface area contributed by atoms with Crippen LogP contribution in [0.25, 0.3) is 0 Å². The lowest BCUT2D eigenvalue weighted by atomic mass is 10.3. The van der Waals surface area contributed by atoms with Crippen molar-refractivity contribution in [2.75, 3.05) is 0 Å². The van der Waals surface area contributed by atoms with Crippen LogP contribution in [0, 0.1) is 0 Å². The Labute approximate surface area is 97.7 Å². The molecule has 1 rings (SSSR count). The van der Waals surface area contributed by atoms with E-state index in [4.69, 9.17) is 10.3 Å². The molecule has 0 atom stereocenters. The van der Waals surface area contributed by atoms with Gasteiger partial charge in [0.15, 0.2) is 6.20 Å². The fourth-order valence-corrected chi connectivity index (χ4v) is 0.956. The molecule has 1 aromatic rings. The third-order valence-corrected chi connectivity index (χ3v) is 1.47. The Morgan fingerprint density at radius 1 is 1.57 bits per heavy atom. The minimum atomic E-state index is -0.941. The minimum absolute atomic E-state index is 0. The summed E-state index contributed by atoms with van der Waals surface area (Å²) in [5.74, 6) is -0.941. The van der Waals surface area contributed by atoms with E-state index in [9.17, 15) is 4.79 Å². The van der Waals surface area contributed by atoms with Crippen molar-refractivity contribution in [2.24, 2.45) is 5.16 Å². The first-order chi connectivity index (χ1) is 6.24. The molecule has 0 saturated carbocycles. The molecule has 1 aromatic heterocycles. The van der Waals surface area contributed by atoms with Gasteiger partial charge in [0.25, 0.3) is 0 Å². The lowest BCUT2D eigenvalue weighted by Gasteiger charge is -1.94. The van der Waals surface area contributed by atoms with E-state index in [0.29, 0.717) is 5.69 Å². The maximum Gasteiger partial charge on any atom is 0.370 e. The Bertz CT molecular complexity index is 341. The van der Waals surface area contributed by atoms with Gasteiger partial charge in [-0.3, -0.25) is 0 Å². The summed E-state index contributed by atoms with van der Waals surface area (Å²) in [7, 11) is 0. The van der Waals surface area contributed by atoms with Crippen LogP contribution in [-0.2, 0) is 11.3 Å². The van der Waals surface area contributed by atoms with Crippen molar-refractivity contribution in [1.82, 2.24) is 0 Å². The van der Waals surface area contributed by atoms with Crippen LogP contribution in [0.4, 0.5) is 0 Å². The normalized spacial score (nSPS) is 9.71. The topological polar surface area (TPSA) is 73.8 Å². The van der Waals surface area contributed by atoms with Crippen molar-refractivity contribution in [3.63, 3.8) is 0 Å². The number of pyridine rings is 1. The van der Waals surface area contributed by atoms with Crippen molar-refractivity contribution < 1.29 is 43.7 Å². The number of carbonyl (C=O) groups is 1. The smallest absolute Gasteiger partial charge is 0.370 e. The molecule has 2 N–H and O–H groups in total. The molecule has 0 saturated heterocycles. The highest BCUT2D eigenvalue weighted by Crippen LogP contribution is 1.87. The van der Waals surface area contributed by atoms with E-state index in [1.165, 1.54) is 10.8 Å². The molecule has 0 unspecified atom stereocenters. The number of hydrogen-bond acceptors (Lipinski definition) is 3. The van der Waals surface area contributed by atoms with Crippen LogP contribution in [0.5, 0.6) is 0 Å². The molecule has 0 radical (unpaired) electrons. The Kier molecular flexibility index (Phi) is 5.77. The van der Waals surface area contributed by atoms with Crippen LogP contribution < -0.4 is 28.5 Å². The van der Waals surface area contributed by atoms with E-state index in [1.807, 2.05) is 0 Å². The number of carboxylic acids is 1. The number of rotatable bonds is 3. The summed E-state index contributed by atoms with van der Waals surface area (Å²) in [6.07, 6.45) is 2.79. The minimum Gasteiger partial charge on any atom is -1.00 e. The average Bonchev–Trinajstić information content (AvgIpc) is 2.08. The highest BCUT2D eigenvalue weighted by molar-refractivity contribution is 5.74. The summed E-state index contributed by atoms with van der Waals surface area (Å²) in [4.78, 5) is 10.4. The first-order valence-electron chi connectivity index (χ1n) is 3.61. The van der Waals surface area contributed by atoms with Crippen molar-refractivity contribution in [2.45, 2.75) is 6.54 Å². The summed E-state index contributed by atoms with van der Waals surface area (Å²) < 4.78 is 1.46. The van der Waals surface area contributed by atoms with Gasteiger partial charge in [-0.25, -0.2) is 4.79 Å². The molecule has 0 aromatic carbocycles. The highest BCUT2D eigenvalue weighted by Gasteiger charge is 2.11. The number of oxime groups is 1. The molecule has 0 aliphatic rings. The van der Waals surface area contributed by atoms with Gasteiger partial charge in [0, 0.05) is 12.1 Å². The second-order valence-electron chi connectivity index (χ2n) is 2.39. The molecule has 0 amide bonds. The summed E-state index contributed by atoms with van der Waals surface area (Å²) in [5, 5.41) is 19.7. The molecule has 1 heterocycles. The quantitative estimate of drug-likeness (QED) is 0.204. The van der Waals surface area contributed by atoms with Gasteiger partial charge in [0.1, 0.15) is 6.21 Å². The van der Waals surface area contributed by atoms with Crippen LogP contribution in [0.15, 0.2) is 29.6 Å². The lowest BCUT2D eigenvalue weighted by Crippen LogP contribution is -3.00. The summed E-state index contributed by atoms with van der Waals surface area (Å²) in [6.45, 7) is -0.151. The molecule has 5 nitrogen and oxygen atoms in total. The maximum atomic E-state index is 10.4. The third-order valence-electron chi connectivity index (χ3n) is 1.47. The molecule has 6 heteroatoms. The van der Waals surface area contributed by atoms with Crippen LogP contribution in [0.1, 0.15) is 5.69 Å². The SMILES string of the molecule is O=C(O)C[n+]1ccccc1/C=N/O.[I-]. The second kappa shape index (κ2) is 6.30. The predicted octanol–water partition coefficient (Wildman–Crippen LogP) is -3.13. The molecule has 0 aliphatic heterocycles. The number of halogens is 1. The molecular weight excluding hydrogens is 299 g/mol. The van der Waals surface area contributed by atoms with E-state index in [1.54, 1.807) is 24.4 Å². The van der Waals surface area contributed by atoms with Gasteiger partial charge in [-0.05, 0) is 6.07 Å². The summed E-state index contributed by atoms with van der Waals surface area (Å²) in [5.41, 5.74) is 0.535. The Morgan fingerprint density at radius 3 is 2.86 bits per heavy atom. The number of nitrogens with zero attached hydrogens (tertiary/aromatic N) is 2. The fraction of sp³-hybridized carbons (Fsp3) is 0.125. The summed E-state index contributed by atoms with van der Waals surface area (Å²) >= 11 is 0. The predicted molar refractivity (Wildman–Crippen MR) is 43.7 cm³/mol. The Morgan fingerprint density at radius 2 is 2.29 bits per heavy atom. The molecule has 0 aliphatic carbocycles. The molecule has 76 valence electrons. The number of carboxylic acid groups (broad SMARTS) is 1. The first kappa shape index (κ1) is 12.8. The monoisotopic (exact) mass is 308 g/mol. The number of hydrogen-bond donors (Lipinski definition) is 2. The number of aromatic nitrogens is 1. The van der Waals surface area contributed by atoms with Gasteiger partial charge in [-0.15, -0.1) is 0 Å². The van der Waals surface area contributed by atoms with Crippen molar-refractivity contribution >= 4 is 12.2 Å². The maximum absolute atomic E-state index is 10.4. The van der Waals surface area contributed by atoms with Gasteiger partial charge in [0.05, 0.1) is 0 Å².